The monoisotopic (exact) mass is 280 g/mol. The second-order valence-corrected chi connectivity index (χ2v) is 5.03. The second kappa shape index (κ2) is 6.15. The zero-order chi connectivity index (χ0) is 14.7. The molecule has 7 nitrogen and oxygen atoms in total. The minimum absolute atomic E-state index is 0.0106. The predicted octanol–water partition coefficient (Wildman–Crippen LogP) is -0.594. The van der Waals surface area contributed by atoms with E-state index in [0.29, 0.717) is 19.0 Å². The van der Waals surface area contributed by atoms with Gasteiger partial charge in [0, 0.05) is 31.6 Å². The lowest BCUT2D eigenvalue weighted by molar-refractivity contribution is -0.125. The van der Waals surface area contributed by atoms with Crippen LogP contribution in [0.3, 0.4) is 0 Å². The number of ether oxygens (including phenoxy) is 1. The summed E-state index contributed by atoms with van der Waals surface area (Å²) in [4.78, 5) is 22.1. The van der Waals surface area contributed by atoms with Gasteiger partial charge < -0.3 is 20.1 Å². The molecule has 1 aromatic heterocycles. The first-order valence-corrected chi connectivity index (χ1v) is 6.53. The number of aliphatic hydroxyl groups is 1. The Morgan fingerprint density at radius 2 is 2.10 bits per heavy atom. The number of anilines is 1. The van der Waals surface area contributed by atoms with Crippen LogP contribution in [0, 0.1) is 13.8 Å². The molecule has 0 unspecified atom stereocenters. The number of nitrogens with one attached hydrogen (secondary N) is 1. The Morgan fingerprint density at radius 3 is 2.70 bits per heavy atom. The van der Waals surface area contributed by atoms with E-state index < -0.39 is 6.10 Å². The topological polar surface area (TPSA) is 87.6 Å². The zero-order valence-corrected chi connectivity index (χ0v) is 12.0. The fourth-order valence-electron chi connectivity index (χ4n) is 2.32. The van der Waals surface area contributed by atoms with E-state index in [4.69, 9.17) is 4.74 Å². The van der Waals surface area contributed by atoms with Crippen LogP contribution in [0.25, 0.3) is 0 Å². The molecule has 0 saturated carbocycles. The smallest absolute Gasteiger partial charge is 0.246 e. The Labute approximate surface area is 118 Å². The van der Waals surface area contributed by atoms with Crippen molar-refractivity contribution in [3.63, 3.8) is 0 Å². The van der Waals surface area contributed by atoms with E-state index in [2.05, 4.69) is 15.3 Å². The van der Waals surface area contributed by atoms with Crippen molar-refractivity contribution in [2.45, 2.75) is 26.0 Å². The van der Waals surface area contributed by atoms with Gasteiger partial charge in [0.1, 0.15) is 6.61 Å². The first-order valence-electron chi connectivity index (χ1n) is 6.53. The molecular formula is C13H20N4O3. The van der Waals surface area contributed by atoms with Crippen molar-refractivity contribution >= 4 is 11.9 Å². The lowest BCUT2D eigenvalue weighted by Crippen LogP contribution is -2.44. The van der Waals surface area contributed by atoms with Gasteiger partial charge in [-0.25, -0.2) is 9.97 Å². The van der Waals surface area contributed by atoms with Gasteiger partial charge in [0.05, 0.1) is 12.1 Å². The number of methoxy groups -OCH3 is 1. The first-order chi connectivity index (χ1) is 9.49. The van der Waals surface area contributed by atoms with Gasteiger partial charge in [-0.15, -0.1) is 0 Å². The third kappa shape index (κ3) is 3.43. The molecule has 2 atom stereocenters. The summed E-state index contributed by atoms with van der Waals surface area (Å²) in [5.74, 6) is 0.352. The van der Waals surface area contributed by atoms with Gasteiger partial charge in [-0.3, -0.25) is 4.79 Å². The SMILES string of the molecule is COCC(=O)N[C@@H]1CN(c2nc(C)cc(C)n2)C[C@H]1O. The summed E-state index contributed by atoms with van der Waals surface area (Å²) in [5.41, 5.74) is 1.77. The van der Waals surface area contributed by atoms with E-state index in [0.717, 1.165) is 11.4 Å². The number of aliphatic hydroxyl groups excluding tert-OH is 1. The highest BCUT2D eigenvalue weighted by molar-refractivity contribution is 5.77. The van der Waals surface area contributed by atoms with Crippen LogP contribution in [0.1, 0.15) is 11.4 Å². The number of aromatic nitrogens is 2. The molecule has 0 spiro atoms. The molecule has 1 aliphatic rings. The van der Waals surface area contributed by atoms with Crippen molar-refractivity contribution in [3.05, 3.63) is 17.5 Å². The van der Waals surface area contributed by atoms with Crippen molar-refractivity contribution in [1.82, 2.24) is 15.3 Å². The number of hydrogen-bond donors (Lipinski definition) is 2. The van der Waals surface area contributed by atoms with Crippen LogP contribution in [0.4, 0.5) is 5.95 Å². The Morgan fingerprint density at radius 1 is 1.45 bits per heavy atom. The largest absolute Gasteiger partial charge is 0.389 e. The van der Waals surface area contributed by atoms with Crippen molar-refractivity contribution in [2.24, 2.45) is 0 Å². The second-order valence-electron chi connectivity index (χ2n) is 5.03. The van der Waals surface area contributed by atoms with E-state index in [1.54, 1.807) is 0 Å². The third-order valence-electron chi connectivity index (χ3n) is 3.16. The van der Waals surface area contributed by atoms with E-state index >= 15 is 0 Å². The van der Waals surface area contributed by atoms with Gasteiger partial charge in [0.15, 0.2) is 0 Å². The highest BCUT2D eigenvalue weighted by Gasteiger charge is 2.33. The molecule has 2 heterocycles. The third-order valence-corrected chi connectivity index (χ3v) is 3.16. The Hall–Kier alpha value is -1.73. The molecular weight excluding hydrogens is 260 g/mol. The van der Waals surface area contributed by atoms with E-state index in [9.17, 15) is 9.90 Å². The molecule has 1 aromatic rings. The number of β-amino-alcohol motifs (C(OH)–C–C–N with tert-alkyl or cyclic N) is 1. The van der Waals surface area contributed by atoms with Crippen LogP contribution >= 0.6 is 0 Å². The average Bonchev–Trinajstić information content (AvgIpc) is 2.70. The number of rotatable bonds is 4. The fourth-order valence-corrected chi connectivity index (χ4v) is 2.32. The lowest BCUT2D eigenvalue weighted by Gasteiger charge is -2.17. The summed E-state index contributed by atoms with van der Waals surface area (Å²) in [6, 6.07) is 1.57. The highest BCUT2D eigenvalue weighted by atomic mass is 16.5. The maximum Gasteiger partial charge on any atom is 0.246 e. The van der Waals surface area contributed by atoms with E-state index in [-0.39, 0.29) is 18.6 Å². The van der Waals surface area contributed by atoms with Crippen LogP contribution in [0.5, 0.6) is 0 Å². The predicted molar refractivity (Wildman–Crippen MR) is 73.5 cm³/mol. The maximum absolute atomic E-state index is 11.5. The first kappa shape index (κ1) is 14.7. The molecule has 2 N–H and O–H groups in total. The molecule has 0 bridgehead atoms. The molecule has 1 fully saturated rings. The number of hydrogen-bond acceptors (Lipinski definition) is 6. The van der Waals surface area contributed by atoms with Crippen LogP contribution in [-0.4, -0.2) is 59.9 Å². The molecule has 20 heavy (non-hydrogen) atoms. The molecule has 0 aromatic carbocycles. The van der Waals surface area contributed by atoms with Gasteiger partial charge in [-0.1, -0.05) is 0 Å². The maximum atomic E-state index is 11.5. The van der Waals surface area contributed by atoms with E-state index in [1.807, 2.05) is 24.8 Å². The number of carbonyl (C=O) groups excluding carboxylic acids is 1. The molecule has 110 valence electrons. The lowest BCUT2D eigenvalue weighted by atomic mass is 10.2. The number of amides is 1. The van der Waals surface area contributed by atoms with Crippen molar-refractivity contribution < 1.29 is 14.6 Å². The normalized spacial score (nSPS) is 22.1. The Bertz CT molecular complexity index is 474. The summed E-state index contributed by atoms with van der Waals surface area (Å²) >= 11 is 0. The molecule has 1 aliphatic heterocycles. The van der Waals surface area contributed by atoms with Gasteiger partial charge in [-0.2, -0.15) is 0 Å². The molecule has 0 radical (unpaired) electrons. The molecule has 7 heteroatoms. The molecule has 0 aliphatic carbocycles. The molecule has 2 rings (SSSR count). The molecule has 1 saturated heterocycles. The minimum atomic E-state index is -0.639. The van der Waals surface area contributed by atoms with Gasteiger partial charge >= 0.3 is 0 Å². The number of carbonyl (C=O) groups is 1. The summed E-state index contributed by atoms with van der Waals surface area (Å²) in [6.45, 7) is 4.69. The number of aryl methyl sites for hydroxylation is 2. The standard InChI is InChI=1S/C13H20N4O3/c1-8-4-9(2)15-13(14-8)17-5-10(11(18)6-17)16-12(19)7-20-3/h4,10-11,18H,5-7H2,1-3H3,(H,16,19)/t10-,11-/m1/s1. The van der Waals surface area contributed by atoms with Crippen molar-refractivity contribution in [1.29, 1.82) is 0 Å². The highest BCUT2D eigenvalue weighted by Crippen LogP contribution is 2.17. The summed E-state index contributed by atoms with van der Waals surface area (Å²) in [5, 5.41) is 12.8. The summed E-state index contributed by atoms with van der Waals surface area (Å²) in [6.07, 6.45) is -0.639. The quantitative estimate of drug-likeness (QED) is 0.766. The van der Waals surface area contributed by atoms with Crippen LogP contribution in [-0.2, 0) is 9.53 Å². The van der Waals surface area contributed by atoms with Crippen molar-refractivity contribution in [3.8, 4) is 0 Å². The fraction of sp³-hybridized carbons (Fsp3) is 0.615. The van der Waals surface area contributed by atoms with Gasteiger partial charge in [0.2, 0.25) is 11.9 Å². The average molecular weight is 280 g/mol. The summed E-state index contributed by atoms with van der Waals surface area (Å²) in [7, 11) is 1.46. The number of nitrogens with zero attached hydrogens (tertiary/aromatic N) is 3. The Kier molecular flexibility index (Phi) is 4.51. The van der Waals surface area contributed by atoms with Crippen LogP contribution in [0.15, 0.2) is 6.07 Å². The molecule has 1 amide bonds. The zero-order valence-electron chi connectivity index (χ0n) is 12.0. The van der Waals surface area contributed by atoms with Crippen molar-refractivity contribution in [2.75, 3.05) is 31.7 Å². The van der Waals surface area contributed by atoms with Gasteiger partial charge in [-0.05, 0) is 19.9 Å². The van der Waals surface area contributed by atoms with Gasteiger partial charge in [0.25, 0.3) is 0 Å². The minimum Gasteiger partial charge on any atom is -0.389 e. The summed E-state index contributed by atoms with van der Waals surface area (Å²) < 4.78 is 4.76. The Balaban J connectivity index is 2.04. The van der Waals surface area contributed by atoms with Crippen LogP contribution in [0.2, 0.25) is 0 Å². The van der Waals surface area contributed by atoms with Crippen LogP contribution < -0.4 is 10.2 Å². The van der Waals surface area contributed by atoms with E-state index in [1.165, 1.54) is 7.11 Å².